The fraction of sp³-hybridized carbons (Fsp3) is 0.625. The highest BCUT2D eigenvalue weighted by atomic mass is 16.6. The quantitative estimate of drug-likeness (QED) is 0.545. The van der Waals surface area contributed by atoms with Crippen LogP contribution in [0.4, 0.5) is 4.79 Å². The predicted octanol–water partition coefficient (Wildman–Crippen LogP) is 2.01. The van der Waals surface area contributed by atoms with E-state index in [1.807, 2.05) is 29.2 Å². The van der Waals surface area contributed by atoms with Gasteiger partial charge in [0.15, 0.2) is 0 Å². The van der Waals surface area contributed by atoms with E-state index in [-0.39, 0.29) is 24.3 Å². The van der Waals surface area contributed by atoms with Crippen molar-refractivity contribution >= 4 is 17.9 Å². The molecule has 9 heteroatoms. The summed E-state index contributed by atoms with van der Waals surface area (Å²) < 4.78 is 10.4. The highest BCUT2D eigenvalue weighted by molar-refractivity contribution is 5.80. The Kier molecular flexibility index (Phi) is 9.96. The lowest BCUT2D eigenvalue weighted by atomic mass is 9.97. The number of nitrogens with one attached hydrogen (secondary N) is 2. The lowest BCUT2D eigenvalue weighted by molar-refractivity contribution is -0.134. The third kappa shape index (κ3) is 9.69. The highest BCUT2D eigenvalue weighted by Crippen LogP contribution is 2.17. The van der Waals surface area contributed by atoms with Crippen molar-refractivity contribution in [1.82, 2.24) is 20.4 Å². The molecule has 1 aliphatic rings. The number of hydrogen-bond acceptors (Lipinski definition) is 6. The van der Waals surface area contributed by atoms with Crippen molar-refractivity contribution < 1.29 is 23.9 Å². The Morgan fingerprint density at radius 2 is 1.91 bits per heavy atom. The van der Waals surface area contributed by atoms with Crippen molar-refractivity contribution in [3.8, 4) is 5.75 Å². The summed E-state index contributed by atoms with van der Waals surface area (Å²) >= 11 is 0. The van der Waals surface area contributed by atoms with Crippen LogP contribution >= 0.6 is 0 Å². The lowest BCUT2D eigenvalue weighted by Gasteiger charge is -2.32. The molecule has 0 radical (unpaired) electrons. The molecule has 1 saturated heterocycles. The normalized spacial score (nSPS) is 16.6. The fourth-order valence-corrected chi connectivity index (χ4v) is 3.67. The average Bonchev–Trinajstić information content (AvgIpc) is 2.75. The third-order valence-electron chi connectivity index (χ3n) is 5.31. The van der Waals surface area contributed by atoms with E-state index < -0.39 is 11.7 Å². The van der Waals surface area contributed by atoms with Crippen molar-refractivity contribution in [3.63, 3.8) is 0 Å². The van der Waals surface area contributed by atoms with Crippen molar-refractivity contribution in [2.45, 2.75) is 45.8 Å². The monoisotopic (exact) mass is 462 g/mol. The summed E-state index contributed by atoms with van der Waals surface area (Å²) in [5, 5.41) is 5.50. The standard InChI is InChI=1S/C24H38N4O5/c1-24(2,3)33-23(31)26-12-11-25-22(30)19-9-7-13-28(16-19)17-21(29)27(4)15-18-8-6-10-20(14-18)32-5/h6,8,10,14,19H,7,9,11-13,15-17H2,1-5H3,(H,25,30)(H,26,31). The van der Waals surface area contributed by atoms with Gasteiger partial charge in [0.2, 0.25) is 11.8 Å². The number of carbonyl (C=O) groups is 3. The Bertz CT molecular complexity index is 808. The maximum absolute atomic E-state index is 12.7. The molecule has 0 spiro atoms. The number of piperidine rings is 1. The zero-order chi connectivity index (χ0) is 24.4. The van der Waals surface area contributed by atoms with E-state index in [1.165, 1.54) is 0 Å². The topological polar surface area (TPSA) is 100 Å². The van der Waals surface area contributed by atoms with E-state index in [2.05, 4.69) is 10.6 Å². The molecule has 2 rings (SSSR count). The van der Waals surface area contributed by atoms with Crippen LogP contribution in [-0.4, -0.2) is 80.2 Å². The SMILES string of the molecule is COc1cccc(CN(C)C(=O)CN2CCCC(C(=O)NCCNC(=O)OC(C)(C)C)C2)c1. The number of methoxy groups -OCH3 is 1. The summed E-state index contributed by atoms with van der Waals surface area (Å²) in [6, 6.07) is 7.66. The molecular formula is C24H38N4O5. The number of rotatable bonds is 9. The maximum Gasteiger partial charge on any atom is 0.407 e. The van der Waals surface area contributed by atoms with Crippen LogP contribution in [0.3, 0.4) is 0 Å². The molecule has 1 aromatic rings. The Labute approximate surface area is 196 Å². The molecule has 0 aromatic heterocycles. The first-order chi connectivity index (χ1) is 15.6. The molecule has 3 amide bonds. The molecule has 0 saturated carbocycles. The number of likely N-dealkylation sites (N-methyl/N-ethyl adjacent to an activating group) is 1. The Morgan fingerprint density at radius 3 is 2.61 bits per heavy atom. The van der Waals surface area contributed by atoms with Crippen LogP contribution in [0.2, 0.25) is 0 Å². The zero-order valence-corrected chi connectivity index (χ0v) is 20.5. The van der Waals surface area contributed by atoms with Crippen molar-refractivity contribution in [2.75, 3.05) is 46.9 Å². The van der Waals surface area contributed by atoms with Gasteiger partial charge in [-0.05, 0) is 57.9 Å². The molecule has 1 aromatic carbocycles. The minimum atomic E-state index is -0.557. The lowest BCUT2D eigenvalue weighted by Crippen LogP contribution is -2.47. The van der Waals surface area contributed by atoms with E-state index >= 15 is 0 Å². The first-order valence-electron chi connectivity index (χ1n) is 11.4. The molecular weight excluding hydrogens is 424 g/mol. The smallest absolute Gasteiger partial charge is 0.407 e. The van der Waals surface area contributed by atoms with Gasteiger partial charge in [-0.25, -0.2) is 4.79 Å². The van der Waals surface area contributed by atoms with Gasteiger partial charge in [-0.1, -0.05) is 12.1 Å². The molecule has 1 unspecified atom stereocenters. The Morgan fingerprint density at radius 1 is 1.18 bits per heavy atom. The van der Waals surface area contributed by atoms with E-state index in [0.29, 0.717) is 26.2 Å². The van der Waals surface area contributed by atoms with Crippen molar-refractivity contribution in [2.24, 2.45) is 5.92 Å². The van der Waals surface area contributed by atoms with Gasteiger partial charge in [0.1, 0.15) is 11.4 Å². The van der Waals surface area contributed by atoms with Crippen LogP contribution in [0, 0.1) is 5.92 Å². The molecule has 9 nitrogen and oxygen atoms in total. The molecule has 0 bridgehead atoms. The maximum atomic E-state index is 12.7. The summed E-state index contributed by atoms with van der Waals surface area (Å²) in [6.07, 6.45) is 1.15. The fourth-order valence-electron chi connectivity index (χ4n) is 3.67. The Balaban J connectivity index is 1.73. The van der Waals surface area contributed by atoms with Gasteiger partial charge >= 0.3 is 6.09 Å². The summed E-state index contributed by atoms with van der Waals surface area (Å²) in [4.78, 5) is 40.7. The molecule has 1 fully saturated rings. The molecule has 184 valence electrons. The van der Waals surface area contributed by atoms with Crippen LogP contribution in [0.1, 0.15) is 39.2 Å². The number of carbonyl (C=O) groups excluding carboxylic acids is 3. The van der Waals surface area contributed by atoms with Crippen molar-refractivity contribution in [1.29, 1.82) is 0 Å². The van der Waals surface area contributed by atoms with Crippen LogP contribution in [0.25, 0.3) is 0 Å². The molecule has 0 aliphatic carbocycles. The first-order valence-corrected chi connectivity index (χ1v) is 11.4. The van der Waals surface area contributed by atoms with Gasteiger partial charge in [-0.3, -0.25) is 14.5 Å². The second-order valence-electron chi connectivity index (χ2n) is 9.40. The highest BCUT2D eigenvalue weighted by Gasteiger charge is 2.27. The van der Waals surface area contributed by atoms with Crippen molar-refractivity contribution in [3.05, 3.63) is 29.8 Å². The van der Waals surface area contributed by atoms with Gasteiger partial charge in [0.25, 0.3) is 0 Å². The van der Waals surface area contributed by atoms with Crippen LogP contribution < -0.4 is 15.4 Å². The zero-order valence-electron chi connectivity index (χ0n) is 20.5. The first kappa shape index (κ1) is 26.4. The summed E-state index contributed by atoms with van der Waals surface area (Å²) in [5.41, 5.74) is 0.444. The average molecular weight is 463 g/mol. The van der Waals surface area contributed by atoms with E-state index in [1.54, 1.807) is 39.8 Å². The second-order valence-corrected chi connectivity index (χ2v) is 9.40. The molecule has 1 atom stereocenters. The van der Waals surface area contributed by atoms with Crippen LogP contribution in [0.15, 0.2) is 24.3 Å². The predicted molar refractivity (Wildman–Crippen MR) is 126 cm³/mol. The summed E-state index contributed by atoms with van der Waals surface area (Å²) in [5.74, 6) is 0.555. The van der Waals surface area contributed by atoms with E-state index in [0.717, 1.165) is 30.7 Å². The number of benzene rings is 1. The third-order valence-corrected chi connectivity index (χ3v) is 5.31. The second kappa shape index (κ2) is 12.4. The number of alkyl carbamates (subject to hydrolysis) is 1. The van der Waals surface area contributed by atoms with Crippen LogP contribution in [0.5, 0.6) is 5.75 Å². The number of nitrogens with zero attached hydrogens (tertiary/aromatic N) is 2. The molecule has 1 heterocycles. The van der Waals surface area contributed by atoms with Gasteiger partial charge < -0.3 is 25.0 Å². The largest absolute Gasteiger partial charge is 0.497 e. The summed E-state index contributed by atoms with van der Waals surface area (Å²) in [7, 11) is 3.40. The van der Waals surface area contributed by atoms with E-state index in [9.17, 15) is 14.4 Å². The molecule has 2 N–H and O–H groups in total. The summed E-state index contributed by atoms with van der Waals surface area (Å²) in [6.45, 7) is 8.14. The molecule has 1 aliphatic heterocycles. The van der Waals surface area contributed by atoms with Crippen LogP contribution in [-0.2, 0) is 20.9 Å². The van der Waals surface area contributed by atoms with Gasteiger partial charge in [-0.2, -0.15) is 0 Å². The van der Waals surface area contributed by atoms with Gasteiger partial charge in [0, 0.05) is 33.2 Å². The number of hydrogen-bond donors (Lipinski definition) is 2. The minimum absolute atomic E-state index is 0.0143. The molecule has 33 heavy (non-hydrogen) atoms. The number of ether oxygens (including phenoxy) is 2. The van der Waals surface area contributed by atoms with Gasteiger partial charge in [-0.15, -0.1) is 0 Å². The van der Waals surface area contributed by atoms with E-state index in [4.69, 9.17) is 9.47 Å². The van der Waals surface area contributed by atoms with Gasteiger partial charge in [0.05, 0.1) is 19.6 Å². The number of amides is 3. The Hall–Kier alpha value is -2.81. The minimum Gasteiger partial charge on any atom is -0.497 e. The number of likely N-dealkylation sites (tertiary alicyclic amines) is 1.